The molecule has 0 saturated heterocycles. The molecular formula is C18H35N. The van der Waals surface area contributed by atoms with Crippen LogP contribution in [0.15, 0.2) is 0 Å². The normalized spacial score (nSPS) is 36.6. The Hall–Kier alpha value is -0.0400. The van der Waals surface area contributed by atoms with E-state index < -0.39 is 0 Å². The Morgan fingerprint density at radius 2 is 1.53 bits per heavy atom. The molecule has 2 aliphatic carbocycles. The average Bonchev–Trinajstić information content (AvgIpc) is 2.87. The van der Waals surface area contributed by atoms with Crippen molar-refractivity contribution >= 4 is 0 Å². The molecule has 2 rings (SSSR count). The summed E-state index contributed by atoms with van der Waals surface area (Å²) in [6.45, 7) is 9.64. The fourth-order valence-electron chi connectivity index (χ4n) is 4.26. The minimum absolute atomic E-state index is 0.561. The lowest BCUT2D eigenvalue weighted by atomic mass is 9.69. The third-order valence-corrected chi connectivity index (χ3v) is 6.33. The maximum atomic E-state index is 3.97. The molecule has 0 aromatic rings. The lowest BCUT2D eigenvalue weighted by Crippen LogP contribution is -2.41. The van der Waals surface area contributed by atoms with E-state index >= 15 is 0 Å². The van der Waals surface area contributed by atoms with Gasteiger partial charge in [0.25, 0.3) is 0 Å². The summed E-state index contributed by atoms with van der Waals surface area (Å²) in [6, 6.07) is 1.66. The van der Waals surface area contributed by atoms with Gasteiger partial charge in [0.1, 0.15) is 0 Å². The van der Waals surface area contributed by atoms with Crippen LogP contribution in [0.5, 0.6) is 0 Å². The highest BCUT2D eigenvalue weighted by Crippen LogP contribution is 2.40. The maximum Gasteiger partial charge on any atom is 0.00723 e. The van der Waals surface area contributed by atoms with E-state index in [4.69, 9.17) is 0 Å². The monoisotopic (exact) mass is 265 g/mol. The number of nitrogens with one attached hydrogen (secondary N) is 1. The first kappa shape index (κ1) is 15.4. The molecule has 2 unspecified atom stereocenters. The van der Waals surface area contributed by atoms with E-state index in [0.717, 1.165) is 23.9 Å². The van der Waals surface area contributed by atoms with Crippen molar-refractivity contribution in [1.29, 1.82) is 0 Å². The first-order chi connectivity index (χ1) is 9.05. The molecule has 2 atom stereocenters. The van der Waals surface area contributed by atoms with Crippen molar-refractivity contribution in [2.75, 3.05) is 0 Å². The Bertz CT molecular complexity index is 263. The lowest BCUT2D eigenvalue weighted by Gasteiger charge is -2.39. The molecule has 1 nitrogen and oxygen atoms in total. The van der Waals surface area contributed by atoms with Crippen molar-refractivity contribution in [2.45, 2.75) is 97.6 Å². The van der Waals surface area contributed by atoms with Crippen LogP contribution in [0.2, 0.25) is 0 Å². The Kier molecular flexibility index (Phi) is 5.34. The van der Waals surface area contributed by atoms with E-state index in [1.165, 1.54) is 57.8 Å². The first-order valence-corrected chi connectivity index (χ1v) is 8.81. The van der Waals surface area contributed by atoms with Crippen LogP contribution in [0.1, 0.15) is 85.5 Å². The van der Waals surface area contributed by atoms with E-state index in [9.17, 15) is 0 Å². The van der Waals surface area contributed by atoms with Gasteiger partial charge in [-0.1, -0.05) is 40.5 Å². The molecule has 1 heteroatoms. The fourth-order valence-corrected chi connectivity index (χ4v) is 4.26. The van der Waals surface area contributed by atoms with Crippen LogP contribution in [0, 0.1) is 17.3 Å². The third-order valence-electron chi connectivity index (χ3n) is 6.33. The van der Waals surface area contributed by atoms with Crippen molar-refractivity contribution in [3.05, 3.63) is 0 Å². The summed E-state index contributed by atoms with van der Waals surface area (Å²) < 4.78 is 0. The van der Waals surface area contributed by atoms with Crippen molar-refractivity contribution in [2.24, 2.45) is 17.3 Å². The maximum absolute atomic E-state index is 3.97. The highest BCUT2D eigenvalue weighted by Gasteiger charge is 2.33. The zero-order valence-electron chi connectivity index (χ0n) is 13.7. The molecule has 0 bridgehead atoms. The smallest absolute Gasteiger partial charge is 0.00723 e. The average molecular weight is 265 g/mol. The summed E-state index contributed by atoms with van der Waals surface area (Å²) in [6.07, 6.45) is 12.8. The summed E-state index contributed by atoms with van der Waals surface area (Å²) in [4.78, 5) is 0. The van der Waals surface area contributed by atoms with Gasteiger partial charge in [-0.15, -0.1) is 0 Å². The Morgan fingerprint density at radius 1 is 0.895 bits per heavy atom. The van der Waals surface area contributed by atoms with Gasteiger partial charge >= 0.3 is 0 Å². The molecule has 112 valence electrons. The van der Waals surface area contributed by atoms with Gasteiger partial charge in [0.05, 0.1) is 0 Å². The molecule has 0 spiro atoms. The first-order valence-electron chi connectivity index (χ1n) is 8.81. The van der Waals surface area contributed by atoms with Gasteiger partial charge in [-0.05, 0) is 62.2 Å². The predicted molar refractivity (Wildman–Crippen MR) is 84.4 cm³/mol. The van der Waals surface area contributed by atoms with Crippen LogP contribution < -0.4 is 5.32 Å². The molecule has 0 heterocycles. The molecule has 0 amide bonds. The van der Waals surface area contributed by atoms with Gasteiger partial charge in [-0.3, -0.25) is 0 Å². The van der Waals surface area contributed by atoms with E-state index in [2.05, 4.69) is 33.0 Å². The summed E-state index contributed by atoms with van der Waals surface area (Å²) in [5, 5.41) is 3.97. The van der Waals surface area contributed by atoms with Crippen LogP contribution in [-0.4, -0.2) is 12.1 Å². The second-order valence-electron chi connectivity index (χ2n) is 7.84. The van der Waals surface area contributed by atoms with Crippen LogP contribution in [-0.2, 0) is 0 Å². The molecule has 2 saturated carbocycles. The standard InChI is InChI=1S/C18H35N/c1-5-14-7-10-17(13-14)19-16-11-8-15(9-12-16)18(3,4)6-2/h14-17,19H,5-13H2,1-4H3. The molecule has 2 aliphatic rings. The zero-order valence-corrected chi connectivity index (χ0v) is 13.7. The number of hydrogen-bond donors (Lipinski definition) is 1. The molecule has 2 fully saturated rings. The Morgan fingerprint density at radius 3 is 2.05 bits per heavy atom. The van der Waals surface area contributed by atoms with Crippen molar-refractivity contribution in [1.82, 2.24) is 5.32 Å². The van der Waals surface area contributed by atoms with E-state index in [1.54, 1.807) is 0 Å². The highest BCUT2D eigenvalue weighted by atomic mass is 15.0. The van der Waals surface area contributed by atoms with E-state index in [0.29, 0.717) is 5.41 Å². The molecule has 0 aromatic heterocycles. The minimum atomic E-state index is 0.561. The largest absolute Gasteiger partial charge is 0.311 e. The van der Waals surface area contributed by atoms with Gasteiger partial charge in [-0.2, -0.15) is 0 Å². The molecular weight excluding hydrogens is 230 g/mol. The van der Waals surface area contributed by atoms with Crippen LogP contribution in [0.3, 0.4) is 0 Å². The predicted octanol–water partition coefficient (Wildman–Crippen LogP) is 5.15. The highest BCUT2D eigenvalue weighted by molar-refractivity contribution is 4.88. The van der Waals surface area contributed by atoms with Crippen molar-refractivity contribution in [3.8, 4) is 0 Å². The summed E-state index contributed by atoms with van der Waals surface area (Å²) in [7, 11) is 0. The summed E-state index contributed by atoms with van der Waals surface area (Å²) in [5.41, 5.74) is 0.561. The minimum Gasteiger partial charge on any atom is -0.311 e. The second kappa shape index (κ2) is 6.61. The second-order valence-corrected chi connectivity index (χ2v) is 7.84. The third kappa shape index (κ3) is 3.97. The van der Waals surface area contributed by atoms with Crippen LogP contribution in [0.25, 0.3) is 0 Å². The summed E-state index contributed by atoms with van der Waals surface area (Å²) >= 11 is 0. The lowest BCUT2D eigenvalue weighted by molar-refractivity contribution is 0.134. The number of hydrogen-bond acceptors (Lipinski definition) is 1. The Balaban J connectivity index is 1.72. The van der Waals surface area contributed by atoms with Gasteiger partial charge in [0, 0.05) is 12.1 Å². The summed E-state index contributed by atoms with van der Waals surface area (Å²) in [5.74, 6) is 1.97. The van der Waals surface area contributed by atoms with Crippen LogP contribution in [0.4, 0.5) is 0 Å². The zero-order chi connectivity index (χ0) is 13.9. The molecule has 0 aliphatic heterocycles. The molecule has 0 radical (unpaired) electrons. The molecule has 0 aromatic carbocycles. The van der Waals surface area contributed by atoms with Crippen molar-refractivity contribution < 1.29 is 0 Å². The van der Waals surface area contributed by atoms with Gasteiger partial charge in [0.15, 0.2) is 0 Å². The van der Waals surface area contributed by atoms with Gasteiger partial charge in [-0.25, -0.2) is 0 Å². The van der Waals surface area contributed by atoms with Crippen LogP contribution >= 0.6 is 0 Å². The molecule has 19 heavy (non-hydrogen) atoms. The fraction of sp³-hybridized carbons (Fsp3) is 1.00. The van der Waals surface area contributed by atoms with Crippen molar-refractivity contribution in [3.63, 3.8) is 0 Å². The molecule has 1 N–H and O–H groups in total. The van der Waals surface area contributed by atoms with E-state index in [1.807, 2.05) is 0 Å². The topological polar surface area (TPSA) is 12.0 Å². The SMILES string of the molecule is CCC1CCC(NC2CCC(C(C)(C)CC)CC2)C1. The number of rotatable bonds is 5. The quantitative estimate of drug-likeness (QED) is 0.725. The van der Waals surface area contributed by atoms with Gasteiger partial charge < -0.3 is 5.32 Å². The van der Waals surface area contributed by atoms with E-state index in [-0.39, 0.29) is 0 Å². The van der Waals surface area contributed by atoms with Gasteiger partial charge in [0.2, 0.25) is 0 Å². The Labute approximate surface area is 120 Å².